The van der Waals surface area contributed by atoms with Gasteiger partial charge in [-0.25, -0.2) is 4.68 Å². The normalized spacial score (nSPS) is 11.7. The molecule has 0 amide bonds. The molecule has 2 rings (SSSR count). The van der Waals surface area contributed by atoms with Crippen LogP contribution in [0.2, 0.25) is 4.34 Å². The van der Waals surface area contributed by atoms with E-state index in [1.54, 1.807) is 27.0 Å². The molecule has 7 nitrogen and oxygen atoms in total. The lowest BCUT2D eigenvalue weighted by atomic mass is 10.3. The second-order valence-corrected chi connectivity index (χ2v) is 5.79. The Hall–Kier alpha value is -1.93. The molecule has 0 saturated carbocycles. The summed E-state index contributed by atoms with van der Waals surface area (Å²) in [5, 5.41) is 19.2. The number of anilines is 1. The fourth-order valence-corrected chi connectivity index (χ4v) is 2.68. The van der Waals surface area contributed by atoms with E-state index in [0.717, 1.165) is 4.88 Å². The summed E-state index contributed by atoms with van der Waals surface area (Å²) in [6.45, 7) is 3.38. The van der Waals surface area contributed by atoms with Crippen LogP contribution in [0, 0.1) is 17.0 Å². The summed E-state index contributed by atoms with van der Waals surface area (Å²) >= 11 is 7.25. The zero-order valence-electron chi connectivity index (χ0n) is 11.0. The molecule has 0 aromatic carbocycles. The van der Waals surface area contributed by atoms with Crippen LogP contribution >= 0.6 is 22.9 Å². The Kier molecular flexibility index (Phi) is 4.05. The van der Waals surface area contributed by atoms with Gasteiger partial charge in [-0.2, -0.15) is 10.2 Å². The molecule has 0 bridgehead atoms. The van der Waals surface area contributed by atoms with Gasteiger partial charge >= 0.3 is 5.69 Å². The summed E-state index contributed by atoms with van der Waals surface area (Å²) in [7, 11) is 1.62. The molecule has 0 spiro atoms. The van der Waals surface area contributed by atoms with E-state index < -0.39 is 4.92 Å². The molecule has 0 fully saturated rings. The Balaban J connectivity index is 2.29. The number of rotatable bonds is 4. The van der Waals surface area contributed by atoms with Crippen LogP contribution in [0.3, 0.4) is 0 Å². The topological polar surface area (TPSA) is 85.3 Å². The SMILES string of the molecule is CC(=NNc1c([N+](=O)[O-])c(C)nn1C)c1ccc(Cl)s1. The van der Waals surface area contributed by atoms with Crippen molar-refractivity contribution in [3.8, 4) is 0 Å². The number of nitrogens with one attached hydrogen (secondary N) is 1. The van der Waals surface area contributed by atoms with E-state index in [2.05, 4.69) is 15.6 Å². The molecule has 0 aliphatic carbocycles. The zero-order valence-corrected chi connectivity index (χ0v) is 12.6. The first-order valence-electron chi connectivity index (χ1n) is 5.64. The van der Waals surface area contributed by atoms with Crippen LogP contribution in [-0.4, -0.2) is 20.4 Å². The highest BCUT2D eigenvalue weighted by molar-refractivity contribution is 7.18. The molecule has 20 heavy (non-hydrogen) atoms. The third kappa shape index (κ3) is 2.81. The van der Waals surface area contributed by atoms with Crippen LogP contribution in [0.4, 0.5) is 11.5 Å². The highest BCUT2D eigenvalue weighted by Crippen LogP contribution is 2.27. The van der Waals surface area contributed by atoms with Crippen molar-refractivity contribution in [2.45, 2.75) is 13.8 Å². The third-order valence-corrected chi connectivity index (χ3v) is 3.97. The number of thiophene rings is 1. The zero-order chi connectivity index (χ0) is 14.9. The number of nitro groups is 1. The minimum Gasteiger partial charge on any atom is -0.258 e. The highest BCUT2D eigenvalue weighted by Gasteiger charge is 2.23. The van der Waals surface area contributed by atoms with Crippen molar-refractivity contribution < 1.29 is 4.92 Å². The number of halogens is 1. The predicted octanol–water partition coefficient (Wildman–Crippen LogP) is 3.19. The third-order valence-electron chi connectivity index (χ3n) is 2.63. The number of nitrogens with zero attached hydrogens (tertiary/aromatic N) is 4. The molecular weight excluding hydrogens is 302 g/mol. The Morgan fingerprint density at radius 3 is 2.85 bits per heavy atom. The molecule has 9 heteroatoms. The first kappa shape index (κ1) is 14.5. The van der Waals surface area contributed by atoms with Crippen LogP contribution in [0.15, 0.2) is 17.2 Å². The van der Waals surface area contributed by atoms with Gasteiger partial charge in [0.05, 0.1) is 19.8 Å². The molecule has 106 valence electrons. The lowest BCUT2D eigenvalue weighted by Gasteiger charge is -2.01. The largest absolute Gasteiger partial charge is 0.335 e. The summed E-state index contributed by atoms with van der Waals surface area (Å²) in [5.41, 5.74) is 3.66. The molecule has 2 aromatic rings. The Morgan fingerprint density at radius 1 is 1.60 bits per heavy atom. The van der Waals surface area contributed by atoms with Crippen LogP contribution in [0.25, 0.3) is 0 Å². The molecule has 0 aliphatic heterocycles. The summed E-state index contributed by atoms with van der Waals surface area (Å²) < 4.78 is 2.06. The second-order valence-electron chi connectivity index (χ2n) is 4.08. The molecule has 0 aliphatic rings. The average molecular weight is 314 g/mol. The minimum atomic E-state index is -0.475. The number of hydrazone groups is 1. The van der Waals surface area contributed by atoms with Crippen molar-refractivity contribution in [2.24, 2.45) is 12.1 Å². The quantitative estimate of drug-likeness (QED) is 0.533. The van der Waals surface area contributed by atoms with Gasteiger partial charge in [0, 0.05) is 7.05 Å². The van der Waals surface area contributed by atoms with Gasteiger partial charge in [-0.05, 0) is 26.0 Å². The van der Waals surface area contributed by atoms with Crippen molar-refractivity contribution in [3.63, 3.8) is 0 Å². The fourth-order valence-electron chi connectivity index (χ4n) is 1.69. The van der Waals surface area contributed by atoms with Gasteiger partial charge in [-0.15, -0.1) is 11.3 Å². The summed E-state index contributed by atoms with van der Waals surface area (Å²) in [6, 6.07) is 3.62. The van der Waals surface area contributed by atoms with Gasteiger partial charge in [0.25, 0.3) is 0 Å². The fraction of sp³-hybridized carbons (Fsp3) is 0.273. The van der Waals surface area contributed by atoms with Gasteiger partial charge < -0.3 is 0 Å². The molecular formula is C11H12ClN5O2S. The molecule has 2 heterocycles. The van der Waals surface area contributed by atoms with Crippen LogP contribution in [-0.2, 0) is 7.05 Å². The van der Waals surface area contributed by atoms with E-state index in [1.807, 2.05) is 6.07 Å². The first-order chi connectivity index (χ1) is 9.40. The van der Waals surface area contributed by atoms with E-state index in [-0.39, 0.29) is 11.5 Å². The van der Waals surface area contributed by atoms with Gasteiger partial charge in [0.2, 0.25) is 5.82 Å². The van der Waals surface area contributed by atoms with Crippen LogP contribution < -0.4 is 5.43 Å². The molecule has 0 unspecified atom stereocenters. The Morgan fingerprint density at radius 2 is 2.30 bits per heavy atom. The van der Waals surface area contributed by atoms with Gasteiger partial charge in [-0.1, -0.05) is 11.6 Å². The highest BCUT2D eigenvalue weighted by atomic mass is 35.5. The lowest BCUT2D eigenvalue weighted by Crippen LogP contribution is -2.04. The smallest absolute Gasteiger partial charge is 0.258 e. The Bertz CT molecular complexity index is 691. The molecule has 0 radical (unpaired) electrons. The van der Waals surface area contributed by atoms with E-state index in [9.17, 15) is 10.1 Å². The van der Waals surface area contributed by atoms with Crippen LogP contribution in [0.1, 0.15) is 17.5 Å². The number of hydrogen-bond acceptors (Lipinski definition) is 6. The summed E-state index contributed by atoms with van der Waals surface area (Å²) in [6.07, 6.45) is 0. The second kappa shape index (κ2) is 5.59. The van der Waals surface area contributed by atoms with Gasteiger partial charge in [0.1, 0.15) is 5.69 Å². The minimum absolute atomic E-state index is 0.0757. The van der Waals surface area contributed by atoms with E-state index in [4.69, 9.17) is 11.6 Å². The summed E-state index contributed by atoms with van der Waals surface area (Å²) in [5.74, 6) is 0.245. The molecule has 2 aromatic heterocycles. The van der Waals surface area contributed by atoms with Crippen molar-refractivity contribution >= 4 is 40.2 Å². The van der Waals surface area contributed by atoms with Crippen molar-refractivity contribution in [1.82, 2.24) is 9.78 Å². The van der Waals surface area contributed by atoms with Crippen LogP contribution in [0.5, 0.6) is 0 Å². The van der Waals surface area contributed by atoms with E-state index in [1.165, 1.54) is 16.0 Å². The molecule has 0 saturated heterocycles. The standard InChI is InChI=1S/C11H12ClN5O2S/c1-6(8-4-5-9(12)20-8)13-14-11-10(17(18)19)7(2)15-16(11)3/h4-5,14H,1-3H3. The first-order valence-corrected chi connectivity index (χ1v) is 6.83. The van der Waals surface area contributed by atoms with Gasteiger partial charge in [0.15, 0.2) is 0 Å². The number of aryl methyl sites for hydroxylation is 2. The maximum atomic E-state index is 11.0. The maximum Gasteiger partial charge on any atom is 0.335 e. The van der Waals surface area contributed by atoms with Crippen molar-refractivity contribution in [1.29, 1.82) is 0 Å². The average Bonchev–Trinajstić information content (AvgIpc) is 2.90. The Labute approximate surface area is 124 Å². The predicted molar refractivity (Wildman–Crippen MR) is 79.8 cm³/mol. The van der Waals surface area contributed by atoms with Gasteiger partial charge in [-0.3, -0.25) is 15.5 Å². The van der Waals surface area contributed by atoms with E-state index in [0.29, 0.717) is 15.7 Å². The number of hydrogen-bond donors (Lipinski definition) is 1. The van der Waals surface area contributed by atoms with E-state index >= 15 is 0 Å². The maximum absolute atomic E-state index is 11.0. The van der Waals surface area contributed by atoms with Crippen molar-refractivity contribution in [2.75, 3.05) is 5.43 Å². The monoisotopic (exact) mass is 313 g/mol. The summed E-state index contributed by atoms with van der Waals surface area (Å²) in [4.78, 5) is 11.4. The van der Waals surface area contributed by atoms with Crippen molar-refractivity contribution in [3.05, 3.63) is 37.2 Å². The molecule has 1 N–H and O–H groups in total. The lowest BCUT2D eigenvalue weighted by molar-refractivity contribution is -0.384. The molecule has 0 atom stereocenters. The number of aromatic nitrogens is 2.